The molecule has 0 radical (unpaired) electrons. The van der Waals surface area contributed by atoms with Crippen LogP contribution in [-0.2, 0) is 4.79 Å². The summed E-state index contributed by atoms with van der Waals surface area (Å²) in [5.74, 6) is 0.494. The van der Waals surface area contributed by atoms with Gasteiger partial charge in [0.2, 0.25) is 0 Å². The number of ketones is 1. The number of hydrogen-bond donors (Lipinski definition) is 0. The molecule has 0 unspecified atom stereocenters. The van der Waals surface area contributed by atoms with Crippen LogP contribution in [0, 0.1) is 0 Å². The predicted molar refractivity (Wildman–Crippen MR) is 69.6 cm³/mol. The van der Waals surface area contributed by atoms with Crippen molar-refractivity contribution in [1.29, 1.82) is 0 Å². The number of carbonyl (C=O) groups is 1. The van der Waals surface area contributed by atoms with Gasteiger partial charge >= 0.3 is 0 Å². The summed E-state index contributed by atoms with van der Waals surface area (Å²) in [6, 6.07) is 0. The van der Waals surface area contributed by atoms with Crippen molar-refractivity contribution >= 4 is 5.78 Å². The minimum atomic E-state index is 0.494. The monoisotopic (exact) mass is 222 g/mol. The quantitative estimate of drug-likeness (QED) is 0.538. The lowest BCUT2D eigenvalue weighted by Gasteiger charge is -2.01. The number of carbonyl (C=O) groups excluding carboxylic acids is 1. The number of rotatable bonds is 0. The summed E-state index contributed by atoms with van der Waals surface area (Å²) in [4.78, 5) is 11.5. The molecule has 0 amide bonds. The average molecular weight is 222 g/mol. The van der Waals surface area contributed by atoms with Gasteiger partial charge in [0.25, 0.3) is 0 Å². The van der Waals surface area contributed by atoms with E-state index in [1.807, 2.05) is 0 Å². The van der Waals surface area contributed by atoms with Crippen molar-refractivity contribution in [1.82, 2.24) is 0 Å². The van der Waals surface area contributed by atoms with E-state index in [9.17, 15) is 4.79 Å². The highest BCUT2D eigenvalue weighted by Crippen LogP contribution is 2.12. The molecule has 0 aromatic carbocycles. The Hall–Kier alpha value is -0.590. The van der Waals surface area contributed by atoms with Crippen LogP contribution < -0.4 is 0 Å². The van der Waals surface area contributed by atoms with E-state index < -0.39 is 0 Å². The molecule has 0 heterocycles. The lowest BCUT2D eigenvalue weighted by Crippen LogP contribution is -1.97. The lowest BCUT2D eigenvalue weighted by atomic mass is 10.0. The maximum Gasteiger partial charge on any atom is 0.132 e. The van der Waals surface area contributed by atoms with E-state index in [2.05, 4.69) is 12.2 Å². The van der Waals surface area contributed by atoms with E-state index in [1.165, 1.54) is 51.4 Å². The zero-order valence-electron chi connectivity index (χ0n) is 10.5. The summed E-state index contributed by atoms with van der Waals surface area (Å²) >= 11 is 0. The highest BCUT2D eigenvalue weighted by Gasteiger charge is 2.01. The summed E-state index contributed by atoms with van der Waals surface area (Å²) in [7, 11) is 0. The average Bonchev–Trinajstić information content (AvgIpc) is 2.29. The first-order chi connectivity index (χ1) is 7.89. The minimum Gasteiger partial charge on any atom is -0.300 e. The second kappa shape index (κ2) is 9.62. The highest BCUT2D eigenvalue weighted by molar-refractivity contribution is 5.78. The SMILES string of the molecule is O=C1CCCCCC/C=C\CCCCCC1. The normalized spacial score (nSPS) is 24.4. The van der Waals surface area contributed by atoms with E-state index >= 15 is 0 Å². The molecule has 92 valence electrons. The van der Waals surface area contributed by atoms with Crippen LogP contribution in [0.4, 0.5) is 0 Å². The van der Waals surface area contributed by atoms with E-state index in [1.54, 1.807) is 0 Å². The summed E-state index contributed by atoms with van der Waals surface area (Å²) in [5, 5.41) is 0. The molecule has 0 spiro atoms. The van der Waals surface area contributed by atoms with Crippen molar-refractivity contribution in [3.63, 3.8) is 0 Å². The summed E-state index contributed by atoms with van der Waals surface area (Å²) in [5.41, 5.74) is 0. The van der Waals surface area contributed by atoms with Crippen LogP contribution in [-0.4, -0.2) is 5.78 Å². The maximum atomic E-state index is 11.5. The van der Waals surface area contributed by atoms with Gasteiger partial charge in [0.05, 0.1) is 0 Å². The molecule has 1 aliphatic carbocycles. The van der Waals surface area contributed by atoms with Gasteiger partial charge in [-0.25, -0.2) is 0 Å². The van der Waals surface area contributed by atoms with E-state index in [-0.39, 0.29) is 0 Å². The second-order valence-corrected chi connectivity index (χ2v) is 4.92. The highest BCUT2D eigenvalue weighted by atomic mass is 16.1. The van der Waals surface area contributed by atoms with Crippen molar-refractivity contribution < 1.29 is 4.79 Å². The third kappa shape index (κ3) is 7.67. The number of hydrogen-bond acceptors (Lipinski definition) is 1. The van der Waals surface area contributed by atoms with Crippen LogP contribution >= 0.6 is 0 Å². The van der Waals surface area contributed by atoms with Crippen LogP contribution in [0.5, 0.6) is 0 Å². The number of allylic oxidation sites excluding steroid dienone is 2. The zero-order chi connectivity index (χ0) is 11.5. The Morgan fingerprint density at radius 1 is 0.625 bits per heavy atom. The molecule has 0 aliphatic heterocycles. The molecule has 16 heavy (non-hydrogen) atoms. The van der Waals surface area contributed by atoms with Crippen LogP contribution in [0.15, 0.2) is 12.2 Å². The van der Waals surface area contributed by atoms with Gasteiger partial charge in [-0.15, -0.1) is 0 Å². The standard InChI is InChI=1S/C15H26O/c16-15-13-11-9-7-5-3-1-2-4-6-8-10-12-14-15/h1-2H,3-14H2/b2-1-. The smallest absolute Gasteiger partial charge is 0.132 e. The van der Waals surface area contributed by atoms with Gasteiger partial charge in [-0.3, -0.25) is 4.79 Å². The molecular weight excluding hydrogens is 196 g/mol. The fraction of sp³-hybridized carbons (Fsp3) is 0.800. The van der Waals surface area contributed by atoms with Crippen molar-refractivity contribution in [2.45, 2.75) is 77.0 Å². The van der Waals surface area contributed by atoms with Crippen molar-refractivity contribution in [3.05, 3.63) is 12.2 Å². The maximum absolute atomic E-state index is 11.5. The van der Waals surface area contributed by atoms with Gasteiger partial charge in [-0.2, -0.15) is 0 Å². The molecular formula is C15H26O. The van der Waals surface area contributed by atoms with Gasteiger partial charge in [-0.1, -0.05) is 37.8 Å². The van der Waals surface area contributed by atoms with Crippen molar-refractivity contribution in [2.24, 2.45) is 0 Å². The Bertz CT molecular complexity index is 185. The molecule has 1 aliphatic rings. The van der Waals surface area contributed by atoms with E-state index in [0.717, 1.165) is 25.7 Å². The van der Waals surface area contributed by atoms with Crippen LogP contribution in [0.1, 0.15) is 77.0 Å². The van der Waals surface area contributed by atoms with Crippen molar-refractivity contribution in [2.75, 3.05) is 0 Å². The summed E-state index contributed by atoms with van der Waals surface area (Å²) < 4.78 is 0. The fourth-order valence-corrected chi connectivity index (χ4v) is 2.24. The van der Waals surface area contributed by atoms with Gasteiger partial charge in [0, 0.05) is 12.8 Å². The molecule has 1 heteroatoms. The first kappa shape index (κ1) is 13.5. The third-order valence-electron chi connectivity index (χ3n) is 3.32. The summed E-state index contributed by atoms with van der Waals surface area (Å²) in [6.07, 6.45) is 18.7. The van der Waals surface area contributed by atoms with Crippen LogP contribution in [0.3, 0.4) is 0 Å². The molecule has 0 bridgehead atoms. The van der Waals surface area contributed by atoms with Gasteiger partial charge < -0.3 is 0 Å². The van der Waals surface area contributed by atoms with E-state index in [4.69, 9.17) is 0 Å². The molecule has 1 rings (SSSR count). The first-order valence-electron chi connectivity index (χ1n) is 7.06. The second-order valence-electron chi connectivity index (χ2n) is 4.92. The fourth-order valence-electron chi connectivity index (χ4n) is 2.24. The Balaban J connectivity index is 2.19. The minimum absolute atomic E-state index is 0.494. The van der Waals surface area contributed by atoms with Crippen molar-refractivity contribution in [3.8, 4) is 0 Å². The van der Waals surface area contributed by atoms with Gasteiger partial charge in [0.1, 0.15) is 5.78 Å². The largest absolute Gasteiger partial charge is 0.300 e. The topological polar surface area (TPSA) is 17.1 Å². The Morgan fingerprint density at radius 2 is 1.06 bits per heavy atom. The first-order valence-corrected chi connectivity index (χ1v) is 7.06. The zero-order valence-corrected chi connectivity index (χ0v) is 10.5. The number of Topliss-reactive ketones (excluding diaryl/α,β-unsaturated/α-hetero) is 1. The molecule has 0 fully saturated rings. The Labute approximate surface area is 100 Å². The Kier molecular flexibility index (Phi) is 8.10. The summed E-state index contributed by atoms with van der Waals surface area (Å²) in [6.45, 7) is 0. The molecule has 0 saturated heterocycles. The van der Waals surface area contributed by atoms with Gasteiger partial charge in [0.15, 0.2) is 0 Å². The van der Waals surface area contributed by atoms with Crippen LogP contribution in [0.25, 0.3) is 0 Å². The molecule has 0 N–H and O–H groups in total. The van der Waals surface area contributed by atoms with Crippen LogP contribution in [0.2, 0.25) is 0 Å². The third-order valence-corrected chi connectivity index (χ3v) is 3.32. The lowest BCUT2D eigenvalue weighted by molar-refractivity contribution is -0.119. The molecule has 0 saturated carbocycles. The predicted octanol–water partition coefficient (Wildman–Crippen LogP) is 4.81. The van der Waals surface area contributed by atoms with Gasteiger partial charge in [-0.05, 0) is 38.5 Å². The molecule has 0 atom stereocenters. The molecule has 0 aromatic rings. The molecule has 0 aromatic heterocycles. The Morgan fingerprint density at radius 3 is 1.56 bits per heavy atom. The van der Waals surface area contributed by atoms with E-state index in [0.29, 0.717) is 5.78 Å². The molecule has 1 nitrogen and oxygen atoms in total.